The Bertz CT molecular complexity index is 502. The van der Waals surface area contributed by atoms with Gasteiger partial charge < -0.3 is 15.0 Å². The summed E-state index contributed by atoms with van der Waals surface area (Å²) in [6.07, 6.45) is 3.82. The number of nitrogens with zero attached hydrogens (tertiary/aromatic N) is 1. The van der Waals surface area contributed by atoms with Crippen molar-refractivity contribution in [3.63, 3.8) is 0 Å². The number of aryl methyl sites for hydroxylation is 1. The molecule has 0 saturated heterocycles. The Labute approximate surface area is 128 Å². The van der Waals surface area contributed by atoms with Crippen LogP contribution in [-0.2, 0) is 6.42 Å². The van der Waals surface area contributed by atoms with Gasteiger partial charge in [0.25, 0.3) is 0 Å². The summed E-state index contributed by atoms with van der Waals surface area (Å²) in [4.78, 5) is 2.58. The van der Waals surface area contributed by atoms with Crippen LogP contribution in [0.2, 0.25) is 0 Å². The largest absolute Gasteiger partial charge is 0.497 e. The van der Waals surface area contributed by atoms with Crippen molar-refractivity contribution in [1.82, 2.24) is 10.2 Å². The molecule has 0 radical (unpaired) electrons. The van der Waals surface area contributed by atoms with Gasteiger partial charge in [-0.2, -0.15) is 0 Å². The third-order valence-corrected chi connectivity index (χ3v) is 5.46. The molecule has 0 heterocycles. The normalized spacial score (nSPS) is 31.1. The zero-order valence-electron chi connectivity index (χ0n) is 13.7. The Morgan fingerprint density at radius 2 is 2.14 bits per heavy atom. The Kier molecular flexibility index (Phi) is 4.23. The van der Waals surface area contributed by atoms with Gasteiger partial charge in [0, 0.05) is 18.6 Å². The zero-order chi connectivity index (χ0) is 15.0. The Morgan fingerprint density at radius 3 is 2.76 bits per heavy atom. The molecule has 4 atom stereocenters. The molecule has 0 aliphatic heterocycles. The van der Waals surface area contributed by atoms with Crippen LogP contribution in [0, 0.1) is 11.8 Å². The van der Waals surface area contributed by atoms with Crippen LogP contribution in [0.5, 0.6) is 5.75 Å². The maximum Gasteiger partial charge on any atom is 0.119 e. The first-order valence-corrected chi connectivity index (χ1v) is 8.18. The van der Waals surface area contributed by atoms with E-state index in [-0.39, 0.29) is 0 Å². The first-order chi connectivity index (χ1) is 10.1. The van der Waals surface area contributed by atoms with Gasteiger partial charge in [-0.25, -0.2) is 0 Å². The van der Waals surface area contributed by atoms with Crippen LogP contribution in [-0.4, -0.2) is 38.7 Å². The van der Waals surface area contributed by atoms with Crippen LogP contribution >= 0.6 is 0 Å². The van der Waals surface area contributed by atoms with E-state index in [1.807, 2.05) is 0 Å². The van der Waals surface area contributed by atoms with Crippen LogP contribution in [0.25, 0.3) is 0 Å². The predicted octanol–water partition coefficient (Wildman–Crippen LogP) is 2.86. The lowest BCUT2D eigenvalue weighted by Gasteiger charge is -2.39. The Balaban J connectivity index is 1.79. The third-order valence-electron chi connectivity index (χ3n) is 5.46. The summed E-state index contributed by atoms with van der Waals surface area (Å²) in [5, 5.41) is 3.55. The number of methoxy groups -OCH3 is 1. The monoisotopic (exact) mass is 288 g/mol. The number of ether oxygens (including phenoxy) is 1. The van der Waals surface area contributed by atoms with Crippen molar-refractivity contribution in [3.8, 4) is 5.75 Å². The highest BCUT2D eigenvalue weighted by atomic mass is 16.5. The molecule has 1 saturated carbocycles. The average molecular weight is 288 g/mol. The molecule has 2 aliphatic carbocycles. The highest BCUT2D eigenvalue weighted by Crippen LogP contribution is 2.40. The lowest BCUT2D eigenvalue weighted by molar-refractivity contribution is 0.169. The van der Waals surface area contributed by atoms with Gasteiger partial charge in [-0.3, -0.25) is 0 Å². The Morgan fingerprint density at radius 1 is 1.38 bits per heavy atom. The van der Waals surface area contributed by atoms with E-state index in [1.54, 1.807) is 7.11 Å². The Hall–Kier alpha value is -1.06. The van der Waals surface area contributed by atoms with Crippen molar-refractivity contribution in [1.29, 1.82) is 0 Å². The molecule has 3 rings (SSSR count). The molecule has 116 valence electrons. The van der Waals surface area contributed by atoms with Gasteiger partial charge >= 0.3 is 0 Å². The summed E-state index contributed by atoms with van der Waals surface area (Å²) in [5.41, 5.74) is 2.89. The molecule has 0 aromatic heterocycles. The molecule has 1 fully saturated rings. The number of likely N-dealkylation sites (N-methyl/N-ethyl adjacent to an activating group) is 2. The third kappa shape index (κ3) is 2.95. The molecule has 0 bridgehead atoms. The molecule has 1 aromatic rings. The van der Waals surface area contributed by atoms with E-state index in [9.17, 15) is 0 Å². The van der Waals surface area contributed by atoms with Crippen molar-refractivity contribution in [2.75, 3.05) is 27.7 Å². The standard InChI is InChI=1S/C18H28N2O/c1-12-9-14(12)11-20(3)17-8-6-13-5-7-15(21-4)10-16(13)18(17)19-2/h5,7,10,12,14,17-19H,6,8-9,11H2,1-4H3. The number of hydrogen-bond acceptors (Lipinski definition) is 3. The van der Waals surface area contributed by atoms with E-state index in [0.717, 1.165) is 17.6 Å². The van der Waals surface area contributed by atoms with Crippen molar-refractivity contribution < 1.29 is 4.74 Å². The van der Waals surface area contributed by atoms with E-state index in [2.05, 4.69) is 49.4 Å². The highest BCUT2D eigenvalue weighted by molar-refractivity contribution is 5.40. The zero-order valence-corrected chi connectivity index (χ0v) is 13.7. The van der Waals surface area contributed by atoms with Crippen molar-refractivity contribution in [2.24, 2.45) is 11.8 Å². The molecule has 1 aromatic carbocycles. The van der Waals surface area contributed by atoms with Gasteiger partial charge in [-0.05, 0) is 68.5 Å². The number of fused-ring (bicyclic) bond motifs is 1. The van der Waals surface area contributed by atoms with Crippen molar-refractivity contribution >= 4 is 0 Å². The summed E-state index contributed by atoms with van der Waals surface area (Å²) in [6, 6.07) is 7.53. The van der Waals surface area contributed by atoms with Crippen molar-refractivity contribution in [3.05, 3.63) is 29.3 Å². The molecular weight excluding hydrogens is 260 g/mol. The van der Waals surface area contributed by atoms with E-state index in [0.29, 0.717) is 12.1 Å². The summed E-state index contributed by atoms with van der Waals surface area (Å²) in [7, 11) is 6.13. The minimum Gasteiger partial charge on any atom is -0.497 e. The molecule has 2 aliphatic rings. The SMILES string of the molecule is CNC1c2cc(OC)ccc2CCC1N(C)CC1CC1C. The quantitative estimate of drug-likeness (QED) is 0.901. The second-order valence-electron chi connectivity index (χ2n) is 6.85. The maximum absolute atomic E-state index is 5.42. The fourth-order valence-corrected chi connectivity index (χ4v) is 3.88. The van der Waals surface area contributed by atoms with Crippen LogP contribution < -0.4 is 10.1 Å². The topological polar surface area (TPSA) is 24.5 Å². The number of benzene rings is 1. The fourth-order valence-electron chi connectivity index (χ4n) is 3.88. The molecule has 1 N–H and O–H groups in total. The van der Waals surface area contributed by atoms with Crippen molar-refractivity contribution in [2.45, 2.75) is 38.3 Å². The first kappa shape index (κ1) is 14.9. The molecule has 3 nitrogen and oxygen atoms in total. The second-order valence-corrected chi connectivity index (χ2v) is 6.85. The maximum atomic E-state index is 5.42. The smallest absolute Gasteiger partial charge is 0.119 e. The van der Waals surface area contributed by atoms with Gasteiger partial charge in [0.2, 0.25) is 0 Å². The molecule has 0 spiro atoms. The van der Waals surface area contributed by atoms with Gasteiger partial charge in [0.15, 0.2) is 0 Å². The summed E-state index contributed by atoms with van der Waals surface area (Å²) in [5.74, 6) is 2.81. The molecule has 0 amide bonds. The minimum atomic E-state index is 0.405. The van der Waals surface area contributed by atoms with Crippen LogP contribution in [0.15, 0.2) is 18.2 Å². The summed E-state index contributed by atoms with van der Waals surface area (Å²) in [6.45, 7) is 3.61. The molecule has 3 heteroatoms. The lowest BCUT2D eigenvalue weighted by Crippen LogP contribution is -2.45. The average Bonchev–Trinajstić information content (AvgIpc) is 3.20. The number of nitrogens with one attached hydrogen (secondary N) is 1. The fraction of sp³-hybridized carbons (Fsp3) is 0.667. The first-order valence-electron chi connectivity index (χ1n) is 8.18. The second kappa shape index (κ2) is 5.98. The van der Waals surface area contributed by atoms with Gasteiger partial charge in [-0.1, -0.05) is 13.0 Å². The molecular formula is C18H28N2O. The lowest BCUT2D eigenvalue weighted by atomic mass is 9.83. The minimum absolute atomic E-state index is 0.405. The number of hydrogen-bond donors (Lipinski definition) is 1. The highest BCUT2D eigenvalue weighted by Gasteiger charge is 2.37. The number of rotatable bonds is 5. The van der Waals surface area contributed by atoms with Gasteiger partial charge in [-0.15, -0.1) is 0 Å². The van der Waals surface area contributed by atoms with Gasteiger partial charge in [0.1, 0.15) is 5.75 Å². The molecule has 21 heavy (non-hydrogen) atoms. The van der Waals surface area contributed by atoms with E-state index in [1.165, 1.54) is 36.9 Å². The predicted molar refractivity (Wildman–Crippen MR) is 86.8 cm³/mol. The summed E-state index contributed by atoms with van der Waals surface area (Å²) >= 11 is 0. The summed E-state index contributed by atoms with van der Waals surface area (Å²) < 4.78 is 5.42. The van der Waals surface area contributed by atoms with Crippen LogP contribution in [0.3, 0.4) is 0 Å². The van der Waals surface area contributed by atoms with Crippen LogP contribution in [0.1, 0.15) is 36.9 Å². The van der Waals surface area contributed by atoms with E-state index in [4.69, 9.17) is 4.74 Å². The van der Waals surface area contributed by atoms with E-state index >= 15 is 0 Å². The van der Waals surface area contributed by atoms with Gasteiger partial charge in [0.05, 0.1) is 7.11 Å². The van der Waals surface area contributed by atoms with E-state index < -0.39 is 0 Å². The molecule has 4 unspecified atom stereocenters. The van der Waals surface area contributed by atoms with Crippen LogP contribution in [0.4, 0.5) is 0 Å².